The summed E-state index contributed by atoms with van der Waals surface area (Å²) in [6, 6.07) is 19.8. The van der Waals surface area contributed by atoms with E-state index in [0.717, 1.165) is 11.1 Å². The van der Waals surface area contributed by atoms with Gasteiger partial charge in [-0.25, -0.2) is 4.79 Å². The van der Waals surface area contributed by atoms with Crippen LogP contribution in [0.5, 0.6) is 0 Å². The number of nitrogens with zero attached hydrogens (tertiary/aromatic N) is 1. The zero-order valence-corrected chi connectivity index (χ0v) is 18.6. The van der Waals surface area contributed by atoms with Crippen molar-refractivity contribution in [2.45, 2.75) is 26.4 Å². The van der Waals surface area contributed by atoms with Crippen LogP contribution in [0.2, 0.25) is 0 Å². The van der Waals surface area contributed by atoms with Crippen molar-refractivity contribution in [1.29, 1.82) is 0 Å². The Morgan fingerprint density at radius 3 is 2.12 bits per heavy atom. The van der Waals surface area contributed by atoms with Crippen LogP contribution >= 0.6 is 0 Å². The Kier molecular flexibility index (Phi) is 7.03. The molecule has 0 saturated heterocycles. The molecule has 7 heteroatoms. The molecule has 0 saturated carbocycles. The van der Waals surface area contributed by atoms with Gasteiger partial charge in [-0.15, -0.1) is 0 Å². The van der Waals surface area contributed by atoms with Crippen molar-refractivity contribution in [1.82, 2.24) is 0 Å². The van der Waals surface area contributed by atoms with Crippen LogP contribution in [0.3, 0.4) is 0 Å². The Labute approximate surface area is 191 Å². The predicted octanol–water partition coefficient (Wildman–Crippen LogP) is 5.97. The summed E-state index contributed by atoms with van der Waals surface area (Å²) in [4.78, 5) is 35.8. The van der Waals surface area contributed by atoms with Gasteiger partial charge in [0.2, 0.25) is 0 Å². The van der Waals surface area contributed by atoms with Crippen molar-refractivity contribution >= 4 is 35.4 Å². The van der Waals surface area contributed by atoms with E-state index in [2.05, 4.69) is 5.32 Å². The molecule has 7 nitrogen and oxygen atoms in total. The average molecular weight is 444 g/mol. The van der Waals surface area contributed by atoms with E-state index in [1.54, 1.807) is 87.5 Å². The van der Waals surface area contributed by atoms with Gasteiger partial charge in [0, 0.05) is 17.7 Å². The smallest absolute Gasteiger partial charge is 0.340 e. The molecule has 1 amide bonds. The van der Waals surface area contributed by atoms with Crippen molar-refractivity contribution in [2.75, 3.05) is 5.32 Å². The number of benzene rings is 3. The average Bonchev–Trinajstić information content (AvgIpc) is 2.77. The van der Waals surface area contributed by atoms with Gasteiger partial charge in [0.25, 0.3) is 11.6 Å². The molecule has 0 aliphatic heterocycles. The van der Waals surface area contributed by atoms with Crippen LogP contribution < -0.4 is 5.32 Å². The van der Waals surface area contributed by atoms with Gasteiger partial charge in [-0.3, -0.25) is 14.9 Å². The van der Waals surface area contributed by atoms with Crippen molar-refractivity contribution in [3.63, 3.8) is 0 Å². The van der Waals surface area contributed by atoms with Gasteiger partial charge < -0.3 is 10.1 Å². The molecule has 33 heavy (non-hydrogen) atoms. The lowest BCUT2D eigenvalue weighted by Crippen LogP contribution is -2.25. The molecule has 0 aromatic heterocycles. The van der Waals surface area contributed by atoms with Crippen LogP contribution in [0.15, 0.2) is 72.8 Å². The topological polar surface area (TPSA) is 98.5 Å². The van der Waals surface area contributed by atoms with Gasteiger partial charge in [-0.05, 0) is 68.3 Å². The maximum Gasteiger partial charge on any atom is 0.340 e. The van der Waals surface area contributed by atoms with E-state index in [0.29, 0.717) is 11.3 Å². The highest BCUT2D eigenvalue weighted by molar-refractivity contribution is 6.08. The first-order valence-corrected chi connectivity index (χ1v) is 10.3. The third-order valence-electron chi connectivity index (χ3n) is 4.52. The lowest BCUT2D eigenvalue weighted by Gasteiger charge is -2.21. The van der Waals surface area contributed by atoms with Crippen LogP contribution in [-0.4, -0.2) is 22.4 Å². The number of rotatable bonds is 6. The number of ether oxygens (including phenoxy) is 1. The molecular formula is C26H24N2O5. The second-order valence-corrected chi connectivity index (χ2v) is 8.31. The Hall–Kier alpha value is -4.26. The number of esters is 1. The second-order valence-electron chi connectivity index (χ2n) is 8.31. The normalized spacial score (nSPS) is 11.2. The Morgan fingerprint density at radius 2 is 1.52 bits per heavy atom. The SMILES string of the molecule is CC(C)(C)OC(=O)c1ccc(/C=C/c2ccc([N+](=O)[O-])cc2)cc1NC(=O)c1ccccc1. The van der Waals surface area contributed by atoms with Crippen LogP contribution in [-0.2, 0) is 4.74 Å². The lowest BCUT2D eigenvalue weighted by atomic mass is 10.1. The first kappa shape index (κ1) is 23.4. The molecule has 0 fully saturated rings. The maximum absolute atomic E-state index is 12.7. The molecule has 0 bridgehead atoms. The summed E-state index contributed by atoms with van der Waals surface area (Å²) in [5, 5.41) is 13.6. The fourth-order valence-corrected chi connectivity index (χ4v) is 2.96. The van der Waals surface area contributed by atoms with Gasteiger partial charge in [-0.2, -0.15) is 0 Å². The van der Waals surface area contributed by atoms with Gasteiger partial charge >= 0.3 is 5.97 Å². The number of anilines is 1. The minimum absolute atomic E-state index is 0.0137. The molecule has 0 radical (unpaired) electrons. The number of nitro groups is 1. The highest BCUT2D eigenvalue weighted by Crippen LogP contribution is 2.24. The third kappa shape index (κ3) is 6.61. The Morgan fingerprint density at radius 1 is 0.909 bits per heavy atom. The molecule has 3 rings (SSSR count). The zero-order chi connectivity index (χ0) is 24.0. The minimum atomic E-state index is -0.688. The second kappa shape index (κ2) is 9.91. The number of amides is 1. The number of non-ortho nitro benzene ring substituents is 1. The summed E-state index contributed by atoms with van der Waals surface area (Å²) in [7, 11) is 0. The molecule has 0 aliphatic rings. The van der Waals surface area contributed by atoms with Crippen LogP contribution in [0.4, 0.5) is 11.4 Å². The van der Waals surface area contributed by atoms with Gasteiger partial charge in [0.05, 0.1) is 16.2 Å². The Balaban J connectivity index is 1.91. The van der Waals surface area contributed by atoms with Gasteiger partial charge in [-0.1, -0.05) is 36.4 Å². The predicted molar refractivity (Wildman–Crippen MR) is 128 cm³/mol. The molecule has 168 valence electrons. The summed E-state index contributed by atoms with van der Waals surface area (Å²) in [6.45, 7) is 5.32. The molecule has 0 spiro atoms. The molecule has 3 aromatic rings. The summed E-state index contributed by atoms with van der Waals surface area (Å²) in [6.07, 6.45) is 3.58. The van der Waals surface area contributed by atoms with Gasteiger partial charge in [0.15, 0.2) is 0 Å². The van der Waals surface area contributed by atoms with Crippen molar-refractivity contribution in [3.05, 3.63) is 105 Å². The Bertz CT molecular complexity index is 1190. The number of carbonyl (C=O) groups is 2. The quantitative estimate of drug-likeness (QED) is 0.218. The van der Waals surface area contributed by atoms with Gasteiger partial charge in [0.1, 0.15) is 5.60 Å². The largest absolute Gasteiger partial charge is 0.456 e. The monoisotopic (exact) mass is 444 g/mol. The molecule has 0 aliphatic carbocycles. The van der Waals surface area contributed by atoms with E-state index in [1.807, 2.05) is 6.07 Å². The number of hydrogen-bond donors (Lipinski definition) is 1. The van der Waals surface area contributed by atoms with E-state index >= 15 is 0 Å². The van der Waals surface area contributed by atoms with Crippen LogP contribution in [0, 0.1) is 10.1 Å². The molecule has 1 N–H and O–H groups in total. The van der Waals surface area contributed by atoms with Crippen molar-refractivity contribution in [2.24, 2.45) is 0 Å². The molecular weight excluding hydrogens is 420 g/mol. The number of nitro benzene ring substituents is 1. The molecule has 0 atom stereocenters. The summed E-state index contributed by atoms with van der Waals surface area (Å²) < 4.78 is 5.49. The summed E-state index contributed by atoms with van der Waals surface area (Å²) >= 11 is 0. The fraction of sp³-hybridized carbons (Fsp3) is 0.154. The van der Waals surface area contributed by atoms with E-state index < -0.39 is 16.5 Å². The zero-order valence-electron chi connectivity index (χ0n) is 18.6. The first-order chi connectivity index (χ1) is 15.6. The number of nitrogens with one attached hydrogen (secondary N) is 1. The standard InChI is InChI=1S/C26H24N2O5/c1-26(2,3)33-25(30)22-16-13-19(10-9-18-11-14-21(15-12-18)28(31)32)17-23(22)27-24(29)20-7-5-4-6-8-20/h4-17H,1-3H3,(H,27,29)/b10-9+. The number of hydrogen-bond acceptors (Lipinski definition) is 5. The fourth-order valence-electron chi connectivity index (χ4n) is 2.96. The maximum atomic E-state index is 12.7. The highest BCUT2D eigenvalue weighted by Gasteiger charge is 2.21. The van der Waals surface area contributed by atoms with E-state index in [9.17, 15) is 19.7 Å². The summed E-state index contributed by atoms with van der Waals surface area (Å²) in [5.41, 5.74) is 1.84. The summed E-state index contributed by atoms with van der Waals surface area (Å²) in [5.74, 6) is -0.895. The third-order valence-corrected chi connectivity index (χ3v) is 4.52. The van der Waals surface area contributed by atoms with Crippen LogP contribution in [0.25, 0.3) is 12.2 Å². The highest BCUT2D eigenvalue weighted by atomic mass is 16.6. The van der Waals surface area contributed by atoms with E-state index in [1.165, 1.54) is 12.1 Å². The van der Waals surface area contributed by atoms with E-state index in [-0.39, 0.29) is 17.2 Å². The number of carbonyl (C=O) groups excluding carboxylic acids is 2. The molecule has 0 unspecified atom stereocenters. The van der Waals surface area contributed by atoms with Crippen LogP contribution in [0.1, 0.15) is 52.6 Å². The minimum Gasteiger partial charge on any atom is -0.456 e. The molecule has 0 heterocycles. The first-order valence-electron chi connectivity index (χ1n) is 10.3. The van der Waals surface area contributed by atoms with Crippen molar-refractivity contribution in [3.8, 4) is 0 Å². The van der Waals surface area contributed by atoms with Crippen molar-refractivity contribution < 1.29 is 19.2 Å². The lowest BCUT2D eigenvalue weighted by molar-refractivity contribution is -0.384. The van der Waals surface area contributed by atoms with E-state index in [4.69, 9.17) is 4.74 Å². The molecule has 3 aromatic carbocycles.